The van der Waals surface area contributed by atoms with Crippen molar-refractivity contribution in [3.63, 3.8) is 0 Å². The fraction of sp³-hybridized carbons (Fsp3) is 0.522. The van der Waals surface area contributed by atoms with E-state index < -0.39 is 0 Å². The highest BCUT2D eigenvalue weighted by atomic mass is 32.1. The first-order valence-corrected chi connectivity index (χ1v) is 11.8. The second-order valence-corrected chi connectivity index (χ2v) is 9.24. The van der Waals surface area contributed by atoms with Crippen LogP contribution < -0.4 is 10.6 Å². The lowest BCUT2D eigenvalue weighted by Gasteiger charge is -2.29. The lowest BCUT2D eigenvalue weighted by Crippen LogP contribution is -2.28. The van der Waals surface area contributed by atoms with Crippen LogP contribution in [-0.2, 0) is 18.3 Å². The molecule has 8 heteroatoms. The summed E-state index contributed by atoms with van der Waals surface area (Å²) in [5, 5.41) is 12.0. The minimum Gasteiger partial charge on any atom is -0.383 e. The predicted octanol–water partition coefficient (Wildman–Crippen LogP) is 3.47. The number of aromatic nitrogens is 3. The van der Waals surface area contributed by atoms with Crippen molar-refractivity contribution < 1.29 is 9.53 Å². The molecule has 1 amide bonds. The van der Waals surface area contributed by atoms with Gasteiger partial charge in [-0.15, -0.1) is 11.3 Å². The van der Waals surface area contributed by atoms with Gasteiger partial charge in [0.1, 0.15) is 4.83 Å². The van der Waals surface area contributed by atoms with Crippen molar-refractivity contribution in [2.24, 2.45) is 13.0 Å². The van der Waals surface area contributed by atoms with Gasteiger partial charge in [0, 0.05) is 45.0 Å². The van der Waals surface area contributed by atoms with Gasteiger partial charge in [-0.1, -0.05) is 6.07 Å². The lowest BCUT2D eigenvalue weighted by atomic mass is 9.78. The van der Waals surface area contributed by atoms with Crippen LogP contribution in [0.2, 0.25) is 0 Å². The van der Waals surface area contributed by atoms with Crippen molar-refractivity contribution >= 4 is 27.5 Å². The van der Waals surface area contributed by atoms with Crippen LogP contribution in [0.4, 0.5) is 0 Å². The Morgan fingerprint density at radius 2 is 2.10 bits per heavy atom. The summed E-state index contributed by atoms with van der Waals surface area (Å²) in [4.78, 5) is 19.2. The summed E-state index contributed by atoms with van der Waals surface area (Å²) >= 11 is 1.51. The molecular weight excluding hydrogens is 410 g/mol. The van der Waals surface area contributed by atoms with Crippen LogP contribution in [0, 0.1) is 5.92 Å². The van der Waals surface area contributed by atoms with Gasteiger partial charge in [0.2, 0.25) is 0 Å². The smallest absolute Gasteiger partial charge is 0.261 e. The highest BCUT2D eigenvalue weighted by Crippen LogP contribution is 2.43. The number of rotatable bonds is 9. The van der Waals surface area contributed by atoms with E-state index in [1.165, 1.54) is 35.4 Å². The third-order valence-corrected chi connectivity index (χ3v) is 7.35. The number of amides is 1. The molecule has 0 aromatic carbocycles. The van der Waals surface area contributed by atoms with E-state index in [1.54, 1.807) is 13.3 Å². The molecule has 1 fully saturated rings. The zero-order valence-corrected chi connectivity index (χ0v) is 19.1. The van der Waals surface area contributed by atoms with Gasteiger partial charge in [0.05, 0.1) is 17.2 Å². The molecular formula is C23H31N5O2S. The number of aryl methyl sites for hydroxylation is 1. The third-order valence-electron chi connectivity index (χ3n) is 6.22. The minimum atomic E-state index is -0.00461. The van der Waals surface area contributed by atoms with Gasteiger partial charge in [0.25, 0.3) is 5.91 Å². The van der Waals surface area contributed by atoms with Crippen LogP contribution in [0.5, 0.6) is 0 Å². The maximum Gasteiger partial charge on any atom is 0.261 e. The van der Waals surface area contributed by atoms with Crippen LogP contribution >= 0.6 is 11.3 Å². The summed E-state index contributed by atoms with van der Waals surface area (Å²) in [7, 11) is 3.62. The van der Waals surface area contributed by atoms with E-state index >= 15 is 0 Å². The molecule has 0 atom stereocenters. The number of pyridine rings is 1. The van der Waals surface area contributed by atoms with Gasteiger partial charge in [-0.3, -0.25) is 9.48 Å². The molecule has 0 spiro atoms. The first-order valence-electron chi connectivity index (χ1n) is 11.0. The molecule has 0 unspecified atom stereocenters. The molecule has 3 aromatic rings. The number of nitrogens with one attached hydrogen (secondary N) is 2. The summed E-state index contributed by atoms with van der Waals surface area (Å²) in [6, 6.07) is 6.14. The Hall–Kier alpha value is -2.29. The minimum absolute atomic E-state index is 0.00461. The van der Waals surface area contributed by atoms with Gasteiger partial charge < -0.3 is 15.4 Å². The number of hydrogen-bond donors (Lipinski definition) is 2. The fourth-order valence-electron chi connectivity index (χ4n) is 4.51. The number of fused-ring (bicyclic) bond motifs is 1. The molecule has 7 nitrogen and oxygen atoms in total. The Morgan fingerprint density at radius 1 is 1.26 bits per heavy atom. The van der Waals surface area contributed by atoms with Crippen LogP contribution in [0.3, 0.4) is 0 Å². The van der Waals surface area contributed by atoms with Gasteiger partial charge in [-0.25, -0.2) is 4.98 Å². The standard InChI is InChI=1S/C23H31N5O2S/c1-28-18(9-11-27-28)15-24-14-16-5-7-17(8-6-16)20-19-4-3-10-26-23(19)31-21(20)22(29)25-12-13-30-2/h3-4,9-11,16-17,24H,5-8,12-15H2,1-2H3,(H,25,29). The second-order valence-electron chi connectivity index (χ2n) is 8.24. The molecule has 31 heavy (non-hydrogen) atoms. The predicted molar refractivity (Wildman–Crippen MR) is 123 cm³/mol. The Balaban J connectivity index is 1.40. The average Bonchev–Trinajstić information content (AvgIpc) is 3.38. The number of thiophene rings is 1. The number of carbonyl (C=O) groups is 1. The van der Waals surface area contributed by atoms with Crippen LogP contribution in [0.25, 0.3) is 10.2 Å². The third kappa shape index (κ3) is 5.14. The highest BCUT2D eigenvalue weighted by molar-refractivity contribution is 7.20. The van der Waals surface area contributed by atoms with E-state index in [2.05, 4.69) is 32.8 Å². The van der Waals surface area contributed by atoms with Gasteiger partial charge in [-0.2, -0.15) is 5.10 Å². The van der Waals surface area contributed by atoms with Gasteiger partial charge in [0.15, 0.2) is 0 Å². The van der Waals surface area contributed by atoms with Crippen LogP contribution in [-0.4, -0.2) is 47.5 Å². The molecule has 166 valence electrons. The molecule has 1 aliphatic rings. The Morgan fingerprint density at radius 3 is 2.84 bits per heavy atom. The van der Waals surface area contributed by atoms with E-state index in [1.807, 2.05) is 24.0 Å². The lowest BCUT2D eigenvalue weighted by molar-refractivity contribution is 0.0939. The zero-order chi connectivity index (χ0) is 21.6. The average molecular weight is 442 g/mol. The Kier molecular flexibility index (Phi) is 7.32. The molecule has 2 N–H and O–H groups in total. The van der Waals surface area contributed by atoms with Crippen molar-refractivity contribution in [1.29, 1.82) is 0 Å². The van der Waals surface area contributed by atoms with Gasteiger partial charge in [-0.05, 0) is 61.8 Å². The molecule has 3 aromatic heterocycles. The monoisotopic (exact) mass is 441 g/mol. The molecule has 0 bridgehead atoms. The first kappa shape index (κ1) is 21.9. The first-order chi connectivity index (χ1) is 15.2. The molecule has 3 heterocycles. The van der Waals surface area contributed by atoms with Crippen molar-refractivity contribution in [1.82, 2.24) is 25.4 Å². The van der Waals surface area contributed by atoms with Crippen molar-refractivity contribution in [2.45, 2.75) is 38.1 Å². The van der Waals surface area contributed by atoms with E-state index in [0.29, 0.717) is 25.0 Å². The Labute approximate surface area is 187 Å². The molecule has 0 aliphatic heterocycles. The summed E-state index contributed by atoms with van der Waals surface area (Å²) < 4.78 is 6.99. The molecule has 0 saturated heterocycles. The van der Waals surface area contributed by atoms with Crippen molar-refractivity contribution in [3.8, 4) is 0 Å². The summed E-state index contributed by atoms with van der Waals surface area (Å²) in [6.45, 7) is 2.91. The van der Waals surface area contributed by atoms with E-state index in [4.69, 9.17) is 4.74 Å². The summed E-state index contributed by atoms with van der Waals surface area (Å²) in [6.07, 6.45) is 8.20. The zero-order valence-electron chi connectivity index (χ0n) is 18.3. The summed E-state index contributed by atoms with van der Waals surface area (Å²) in [5.41, 5.74) is 2.40. The normalized spacial score (nSPS) is 19.0. The van der Waals surface area contributed by atoms with Gasteiger partial charge >= 0.3 is 0 Å². The maximum atomic E-state index is 12.9. The molecule has 0 radical (unpaired) electrons. The largest absolute Gasteiger partial charge is 0.383 e. The number of nitrogens with zero attached hydrogens (tertiary/aromatic N) is 3. The molecule has 4 rings (SSSR count). The number of ether oxygens (including phenoxy) is 1. The number of hydrogen-bond acceptors (Lipinski definition) is 6. The number of carbonyl (C=O) groups excluding carboxylic acids is 1. The quantitative estimate of drug-likeness (QED) is 0.497. The second kappa shape index (κ2) is 10.3. The van der Waals surface area contributed by atoms with E-state index in [-0.39, 0.29) is 5.91 Å². The fourth-order valence-corrected chi connectivity index (χ4v) is 5.65. The van der Waals surface area contributed by atoms with Crippen molar-refractivity contribution in [3.05, 3.63) is 46.7 Å². The molecule has 1 saturated carbocycles. The van der Waals surface area contributed by atoms with Crippen molar-refractivity contribution in [2.75, 3.05) is 26.8 Å². The van der Waals surface area contributed by atoms with E-state index in [9.17, 15) is 4.79 Å². The highest BCUT2D eigenvalue weighted by Gasteiger charge is 2.29. The topological polar surface area (TPSA) is 81.1 Å². The van der Waals surface area contributed by atoms with E-state index in [0.717, 1.165) is 41.0 Å². The molecule has 1 aliphatic carbocycles. The summed E-state index contributed by atoms with van der Waals surface area (Å²) in [5.74, 6) is 1.08. The van der Waals surface area contributed by atoms with Crippen LogP contribution in [0.15, 0.2) is 30.6 Å². The SMILES string of the molecule is COCCNC(=O)c1sc2ncccc2c1C1CCC(CNCc2ccnn2C)CC1. The number of methoxy groups -OCH3 is 1. The maximum absolute atomic E-state index is 12.9. The van der Waals surface area contributed by atoms with Crippen LogP contribution in [0.1, 0.15) is 52.5 Å². The Bertz CT molecular complexity index is 1010.